The summed E-state index contributed by atoms with van der Waals surface area (Å²) in [6.07, 6.45) is 0. The first-order valence-corrected chi connectivity index (χ1v) is 11.3. The largest absolute Gasteiger partial charge is 0.452 e. The van der Waals surface area contributed by atoms with E-state index in [0.29, 0.717) is 5.56 Å². The minimum atomic E-state index is -0.562. The van der Waals surface area contributed by atoms with Gasteiger partial charge >= 0.3 is 5.97 Å². The lowest BCUT2D eigenvalue weighted by atomic mass is 10.1. The third kappa shape index (κ3) is 3.65. The van der Waals surface area contributed by atoms with Crippen LogP contribution >= 0.6 is 0 Å². The maximum Gasteiger partial charge on any atom is 0.338 e. The number of hydrogen-bond acceptors (Lipinski definition) is 4. The van der Waals surface area contributed by atoms with Gasteiger partial charge in [-0.05, 0) is 37.3 Å². The first-order chi connectivity index (χ1) is 17.1. The van der Waals surface area contributed by atoms with Gasteiger partial charge in [0.15, 0.2) is 6.61 Å². The molecule has 0 unspecified atom stereocenters. The molecule has 2 aromatic heterocycles. The van der Waals surface area contributed by atoms with Crippen molar-refractivity contribution in [3.05, 3.63) is 102 Å². The Morgan fingerprint density at radius 2 is 1.51 bits per heavy atom. The van der Waals surface area contributed by atoms with Crippen LogP contribution in [0.15, 0.2) is 91.0 Å². The zero-order valence-corrected chi connectivity index (χ0v) is 19.0. The van der Waals surface area contributed by atoms with Crippen LogP contribution in [0.25, 0.3) is 44.2 Å². The van der Waals surface area contributed by atoms with E-state index in [0.717, 1.165) is 44.2 Å². The molecule has 6 rings (SSSR count). The van der Waals surface area contributed by atoms with E-state index < -0.39 is 5.97 Å². The highest BCUT2D eigenvalue weighted by Gasteiger charge is 2.18. The van der Waals surface area contributed by atoms with Crippen molar-refractivity contribution < 1.29 is 14.3 Å². The van der Waals surface area contributed by atoms with Crippen molar-refractivity contribution in [3.8, 4) is 11.4 Å². The molecule has 0 aliphatic heterocycles. The van der Waals surface area contributed by atoms with Crippen LogP contribution in [0.2, 0.25) is 0 Å². The van der Waals surface area contributed by atoms with E-state index in [1.165, 1.54) is 5.56 Å². The van der Waals surface area contributed by atoms with Gasteiger partial charge in [-0.3, -0.25) is 9.36 Å². The molecule has 0 aliphatic rings. The van der Waals surface area contributed by atoms with E-state index in [-0.39, 0.29) is 12.5 Å². The van der Waals surface area contributed by atoms with Gasteiger partial charge in [0, 0.05) is 16.3 Å². The highest BCUT2D eigenvalue weighted by atomic mass is 16.5. The highest BCUT2D eigenvalue weighted by molar-refractivity contribution is 6.13. The molecule has 0 aliphatic carbocycles. The number of aromatic nitrogens is 3. The zero-order valence-electron chi connectivity index (χ0n) is 19.0. The number of nitrogens with zero attached hydrogens (tertiary/aromatic N) is 2. The molecule has 0 radical (unpaired) electrons. The molecule has 4 aromatic carbocycles. The Hall–Kier alpha value is -4.71. The lowest BCUT2D eigenvalue weighted by Gasteiger charge is -2.07. The highest BCUT2D eigenvalue weighted by Crippen LogP contribution is 2.28. The van der Waals surface area contributed by atoms with Crippen LogP contribution in [0.3, 0.4) is 0 Å². The molecule has 0 fully saturated rings. The van der Waals surface area contributed by atoms with Gasteiger partial charge in [0.05, 0.1) is 27.6 Å². The van der Waals surface area contributed by atoms with Crippen molar-refractivity contribution in [2.75, 3.05) is 6.61 Å². The first-order valence-electron chi connectivity index (χ1n) is 11.3. The quantitative estimate of drug-likeness (QED) is 0.321. The average molecular weight is 460 g/mol. The summed E-state index contributed by atoms with van der Waals surface area (Å²) < 4.78 is 7.04. The molecule has 6 aromatic rings. The van der Waals surface area contributed by atoms with Gasteiger partial charge in [0.2, 0.25) is 0 Å². The Morgan fingerprint density at radius 1 is 0.857 bits per heavy atom. The number of aromatic amines is 1. The standard InChI is InChI=1S/C29H21N3O3/c1-18-10-12-19(13-11-18)28-30-23-15-14-20(16-24(23)31-28)29(34)35-17-27(33)32-25-8-4-2-6-21(25)22-7-3-5-9-26(22)32/h2-16H,17H2,1H3,(H,30,31). The summed E-state index contributed by atoms with van der Waals surface area (Å²) in [6, 6.07) is 28.6. The van der Waals surface area contributed by atoms with E-state index in [2.05, 4.69) is 9.97 Å². The number of imidazole rings is 1. The SMILES string of the molecule is Cc1ccc(-c2nc3ccc(C(=O)OCC(=O)n4c5ccccc5c5ccccc54)cc3[nH]2)cc1. The van der Waals surface area contributed by atoms with Gasteiger partial charge in [-0.15, -0.1) is 0 Å². The Kier molecular flexibility index (Phi) is 4.92. The van der Waals surface area contributed by atoms with E-state index >= 15 is 0 Å². The van der Waals surface area contributed by atoms with Crippen molar-refractivity contribution in [2.45, 2.75) is 6.92 Å². The molecule has 1 N–H and O–H groups in total. The number of para-hydroxylation sites is 2. The molecule has 0 spiro atoms. The zero-order chi connectivity index (χ0) is 23.9. The van der Waals surface area contributed by atoms with Gasteiger partial charge in [-0.1, -0.05) is 66.2 Å². The van der Waals surface area contributed by atoms with Gasteiger partial charge in [-0.2, -0.15) is 0 Å². The van der Waals surface area contributed by atoms with Crippen LogP contribution in [0.4, 0.5) is 0 Å². The number of ether oxygens (including phenoxy) is 1. The molecule has 6 nitrogen and oxygen atoms in total. The summed E-state index contributed by atoms with van der Waals surface area (Å²) in [5.74, 6) is -0.139. The third-order valence-corrected chi connectivity index (χ3v) is 6.20. The average Bonchev–Trinajstić information content (AvgIpc) is 3.46. The minimum absolute atomic E-state index is 0.306. The lowest BCUT2D eigenvalue weighted by Crippen LogP contribution is -2.20. The van der Waals surface area contributed by atoms with Crippen molar-refractivity contribution >= 4 is 44.7 Å². The number of nitrogens with one attached hydrogen (secondary N) is 1. The Balaban J connectivity index is 1.24. The molecule has 170 valence electrons. The van der Waals surface area contributed by atoms with E-state index in [1.54, 1.807) is 22.8 Å². The summed E-state index contributed by atoms with van der Waals surface area (Å²) in [6.45, 7) is 1.67. The van der Waals surface area contributed by atoms with Crippen LogP contribution in [-0.2, 0) is 4.74 Å². The molecule has 2 heterocycles. The fraction of sp³-hybridized carbons (Fsp3) is 0.0690. The summed E-state index contributed by atoms with van der Waals surface area (Å²) in [5, 5.41) is 1.97. The predicted molar refractivity (Wildman–Crippen MR) is 137 cm³/mol. The minimum Gasteiger partial charge on any atom is -0.452 e. The number of aryl methyl sites for hydroxylation is 1. The number of hydrogen-bond donors (Lipinski definition) is 1. The molecule has 6 heteroatoms. The number of carbonyl (C=O) groups is 2. The molecule has 0 saturated carbocycles. The number of fused-ring (bicyclic) bond motifs is 4. The maximum atomic E-state index is 13.1. The van der Waals surface area contributed by atoms with E-state index in [9.17, 15) is 9.59 Å². The number of benzene rings is 4. The molecule has 0 bridgehead atoms. The van der Waals surface area contributed by atoms with Gasteiger partial charge < -0.3 is 9.72 Å². The second-order valence-electron chi connectivity index (χ2n) is 8.52. The van der Waals surface area contributed by atoms with Crippen molar-refractivity contribution in [1.82, 2.24) is 14.5 Å². The summed E-state index contributed by atoms with van der Waals surface area (Å²) >= 11 is 0. The third-order valence-electron chi connectivity index (χ3n) is 6.20. The number of rotatable bonds is 4. The monoisotopic (exact) mass is 459 g/mol. The lowest BCUT2D eigenvalue weighted by molar-refractivity contribution is 0.0452. The van der Waals surface area contributed by atoms with Gasteiger partial charge in [0.25, 0.3) is 5.91 Å². The van der Waals surface area contributed by atoms with Crippen molar-refractivity contribution in [3.63, 3.8) is 0 Å². The molecule has 0 amide bonds. The van der Waals surface area contributed by atoms with Crippen LogP contribution in [-0.4, -0.2) is 33.0 Å². The number of H-pyrrole nitrogens is 1. The van der Waals surface area contributed by atoms with Crippen LogP contribution in [0.5, 0.6) is 0 Å². The smallest absolute Gasteiger partial charge is 0.338 e. The topological polar surface area (TPSA) is 77.0 Å². The van der Waals surface area contributed by atoms with E-state index in [4.69, 9.17) is 4.74 Å². The number of esters is 1. The molecular formula is C29H21N3O3. The van der Waals surface area contributed by atoms with Crippen molar-refractivity contribution in [1.29, 1.82) is 0 Å². The fourth-order valence-corrected chi connectivity index (χ4v) is 4.45. The second-order valence-corrected chi connectivity index (χ2v) is 8.52. The van der Waals surface area contributed by atoms with Crippen LogP contribution in [0.1, 0.15) is 20.7 Å². The number of carbonyl (C=O) groups excluding carboxylic acids is 2. The molecule has 35 heavy (non-hydrogen) atoms. The summed E-state index contributed by atoms with van der Waals surface area (Å²) in [7, 11) is 0. The van der Waals surface area contributed by atoms with Crippen LogP contribution < -0.4 is 0 Å². The fourth-order valence-electron chi connectivity index (χ4n) is 4.45. The molecule has 0 atom stereocenters. The summed E-state index contributed by atoms with van der Waals surface area (Å²) in [5.41, 5.74) is 5.54. The maximum absolute atomic E-state index is 13.1. The summed E-state index contributed by atoms with van der Waals surface area (Å²) in [4.78, 5) is 33.8. The van der Waals surface area contributed by atoms with Crippen LogP contribution in [0, 0.1) is 6.92 Å². The Labute approximate surface area is 200 Å². The second kappa shape index (κ2) is 8.25. The normalized spacial score (nSPS) is 11.3. The first kappa shape index (κ1) is 20.9. The van der Waals surface area contributed by atoms with Gasteiger partial charge in [-0.25, -0.2) is 9.78 Å². The van der Waals surface area contributed by atoms with Crippen molar-refractivity contribution in [2.24, 2.45) is 0 Å². The molecule has 0 saturated heterocycles. The Bertz CT molecular complexity index is 1690. The molecular weight excluding hydrogens is 438 g/mol. The Morgan fingerprint density at radius 3 is 2.20 bits per heavy atom. The van der Waals surface area contributed by atoms with E-state index in [1.807, 2.05) is 79.7 Å². The predicted octanol–water partition coefficient (Wildman–Crippen LogP) is 6.14. The van der Waals surface area contributed by atoms with Gasteiger partial charge in [0.1, 0.15) is 5.82 Å².